The number of rotatable bonds is 5. The van der Waals surface area contributed by atoms with Crippen molar-refractivity contribution < 1.29 is 0 Å². The lowest BCUT2D eigenvalue weighted by Crippen LogP contribution is -2.22. The minimum Gasteiger partial charge on any atom is -0.318 e. The van der Waals surface area contributed by atoms with Gasteiger partial charge >= 0.3 is 0 Å². The van der Waals surface area contributed by atoms with Crippen molar-refractivity contribution in [2.45, 2.75) is 46.6 Å². The number of benzene rings is 1. The third-order valence-electron chi connectivity index (χ3n) is 3.75. The van der Waals surface area contributed by atoms with E-state index < -0.39 is 0 Å². The number of aryl methyl sites for hydroxylation is 3. The maximum atomic E-state index is 3.62. The average molecular weight is 256 g/mol. The van der Waals surface area contributed by atoms with Crippen molar-refractivity contribution in [3.8, 4) is 0 Å². The highest BCUT2D eigenvalue weighted by Crippen LogP contribution is 2.20. The second-order valence-electron chi connectivity index (χ2n) is 5.14. The zero-order chi connectivity index (χ0) is 13.8. The van der Waals surface area contributed by atoms with E-state index in [9.17, 15) is 0 Å². The third-order valence-corrected chi connectivity index (χ3v) is 3.75. The van der Waals surface area contributed by atoms with Crippen molar-refractivity contribution in [2.75, 3.05) is 5.43 Å². The minimum absolute atomic E-state index is 0.357. The van der Waals surface area contributed by atoms with Gasteiger partial charge in [0.05, 0.1) is 6.04 Å². The molecule has 1 aromatic heterocycles. The van der Waals surface area contributed by atoms with Gasteiger partial charge in [0.25, 0.3) is 0 Å². The normalized spacial score (nSPS) is 12.4. The smallest absolute Gasteiger partial charge is 0.0671 e. The van der Waals surface area contributed by atoms with Gasteiger partial charge in [-0.15, -0.1) is 0 Å². The monoisotopic (exact) mass is 256 g/mol. The summed E-state index contributed by atoms with van der Waals surface area (Å²) in [6, 6.07) is 13.6. The molecule has 2 heteroatoms. The highest BCUT2D eigenvalue weighted by atomic mass is 15.4. The molecular weight excluding hydrogens is 232 g/mol. The van der Waals surface area contributed by atoms with Crippen LogP contribution in [-0.2, 0) is 6.42 Å². The fraction of sp³-hybridized carbons (Fsp3) is 0.412. The summed E-state index contributed by atoms with van der Waals surface area (Å²) in [4.78, 5) is 0. The molecule has 0 aliphatic carbocycles. The van der Waals surface area contributed by atoms with Gasteiger partial charge in [-0.3, -0.25) is 4.68 Å². The molecule has 1 atom stereocenters. The predicted octanol–water partition coefficient (Wildman–Crippen LogP) is 4.36. The third kappa shape index (κ3) is 3.01. The molecule has 0 radical (unpaired) electrons. The number of aromatic nitrogens is 1. The molecule has 2 nitrogen and oxygen atoms in total. The molecule has 0 saturated carbocycles. The molecular formula is C17H24N2. The van der Waals surface area contributed by atoms with Crippen LogP contribution in [0.1, 0.15) is 48.8 Å². The van der Waals surface area contributed by atoms with Gasteiger partial charge in [0.2, 0.25) is 0 Å². The van der Waals surface area contributed by atoms with E-state index in [1.165, 1.54) is 22.5 Å². The summed E-state index contributed by atoms with van der Waals surface area (Å²) in [6.07, 6.45) is 2.17. The molecule has 19 heavy (non-hydrogen) atoms. The molecule has 0 aliphatic heterocycles. The van der Waals surface area contributed by atoms with Gasteiger partial charge < -0.3 is 5.43 Å². The number of hydrogen-bond acceptors (Lipinski definition) is 1. The highest BCUT2D eigenvalue weighted by Gasteiger charge is 2.10. The maximum absolute atomic E-state index is 3.62. The molecule has 0 fully saturated rings. The van der Waals surface area contributed by atoms with E-state index in [4.69, 9.17) is 0 Å². The van der Waals surface area contributed by atoms with Gasteiger partial charge in [-0.2, -0.15) is 0 Å². The van der Waals surface area contributed by atoms with Crippen molar-refractivity contribution >= 4 is 0 Å². The molecule has 1 unspecified atom stereocenters. The fourth-order valence-electron chi connectivity index (χ4n) is 2.42. The lowest BCUT2D eigenvalue weighted by molar-refractivity contribution is 0.636. The van der Waals surface area contributed by atoms with Crippen molar-refractivity contribution in [3.05, 3.63) is 58.9 Å². The van der Waals surface area contributed by atoms with Gasteiger partial charge in [0.15, 0.2) is 0 Å². The quantitative estimate of drug-likeness (QED) is 0.841. The summed E-state index contributed by atoms with van der Waals surface area (Å²) < 4.78 is 2.18. The Morgan fingerprint density at radius 3 is 2.00 bits per heavy atom. The van der Waals surface area contributed by atoms with Crippen molar-refractivity contribution in [2.24, 2.45) is 0 Å². The van der Waals surface area contributed by atoms with Crippen LogP contribution in [0.25, 0.3) is 0 Å². The minimum atomic E-state index is 0.357. The van der Waals surface area contributed by atoms with Crippen molar-refractivity contribution in [1.82, 2.24) is 4.68 Å². The highest BCUT2D eigenvalue weighted by molar-refractivity contribution is 5.27. The number of nitrogens with one attached hydrogen (secondary N) is 1. The molecule has 1 N–H and O–H groups in total. The first-order valence-corrected chi connectivity index (χ1v) is 7.16. The Hall–Kier alpha value is -1.70. The zero-order valence-electron chi connectivity index (χ0n) is 12.4. The van der Waals surface area contributed by atoms with Gasteiger partial charge in [-0.1, -0.05) is 38.1 Å². The molecule has 0 saturated heterocycles. The van der Waals surface area contributed by atoms with E-state index >= 15 is 0 Å². The maximum Gasteiger partial charge on any atom is 0.0671 e. The first-order valence-electron chi connectivity index (χ1n) is 7.16. The van der Waals surface area contributed by atoms with Crippen LogP contribution in [-0.4, -0.2) is 4.68 Å². The second kappa shape index (κ2) is 5.96. The summed E-state index contributed by atoms with van der Waals surface area (Å²) in [5.41, 5.74) is 8.87. The van der Waals surface area contributed by atoms with Crippen molar-refractivity contribution in [3.63, 3.8) is 0 Å². The number of hydrogen-bond donors (Lipinski definition) is 1. The van der Waals surface area contributed by atoms with Gasteiger partial charge in [-0.25, -0.2) is 0 Å². The first kappa shape index (κ1) is 13.7. The first-order chi connectivity index (χ1) is 9.15. The molecule has 0 amide bonds. The van der Waals surface area contributed by atoms with Crippen LogP contribution >= 0.6 is 0 Å². The molecule has 102 valence electrons. The Labute approximate surface area is 116 Å². The topological polar surface area (TPSA) is 17.0 Å². The van der Waals surface area contributed by atoms with E-state index in [1.807, 2.05) is 0 Å². The largest absolute Gasteiger partial charge is 0.318 e. The van der Waals surface area contributed by atoms with E-state index in [1.54, 1.807) is 0 Å². The van der Waals surface area contributed by atoms with E-state index in [0.29, 0.717) is 6.04 Å². The molecule has 2 rings (SSSR count). The van der Waals surface area contributed by atoms with Crippen LogP contribution in [0.5, 0.6) is 0 Å². The summed E-state index contributed by atoms with van der Waals surface area (Å²) >= 11 is 0. The molecule has 1 heterocycles. The standard InChI is InChI=1S/C17H24N2/c1-5-15-9-11-16(12-10-15)17(6-2)18-19-13(3)7-8-14(19)4/h7-12,17-18H,5-6H2,1-4H3. The number of nitrogens with zero attached hydrogens (tertiary/aromatic N) is 1. The summed E-state index contributed by atoms with van der Waals surface area (Å²) in [5.74, 6) is 0. The van der Waals surface area contributed by atoms with Gasteiger partial charge in [0, 0.05) is 11.4 Å². The molecule has 2 aromatic rings. The Morgan fingerprint density at radius 2 is 1.53 bits per heavy atom. The lowest BCUT2D eigenvalue weighted by Gasteiger charge is -2.22. The molecule has 1 aromatic carbocycles. The average Bonchev–Trinajstić information content (AvgIpc) is 2.76. The Balaban J connectivity index is 2.20. The molecule has 0 aliphatic rings. The van der Waals surface area contributed by atoms with Gasteiger partial charge in [-0.05, 0) is 49.9 Å². The Bertz CT molecular complexity index is 503. The molecule has 0 bridgehead atoms. The zero-order valence-corrected chi connectivity index (χ0v) is 12.4. The summed E-state index contributed by atoms with van der Waals surface area (Å²) in [6.45, 7) is 8.68. The van der Waals surface area contributed by atoms with Crippen LogP contribution in [0.3, 0.4) is 0 Å². The van der Waals surface area contributed by atoms with Gasteiger partial charge in [0.1, 0.15) is 0 Å². The van der Waals surface area contributed by atoms with Crippen LogP contribution in [0.15, 0.2) is 36.4 Å². The van der Waals surface area contributed by atoms with E-state index in [0.717, 1.165) is 12.8 Å². The fourth-order valence-corrected chi connectivity index (χ4v) is 2.42. The Kier molecular flexibility index (Phi) is 4.31. The van der Waals surface area contributed by atoms with E-state index in [-0.39, 0.29) is 0 Å². The second-order valence-corrected chi connectivity index (χ2v) is 5.14. The SMILES string of the molecule is CCc1ccc(C(CC)Nn2c(C)ccc2C)cc1. The van der Waals surface area contributed by atoms with Crippen LogP contribution in [0.2, 0.25) is 0 Å². The lowest BCUT2D eigenvalue weighted by atomic mass is 10.0. The van der Waals surface area contributed by atoms with E-state index in [2.05, 4.69) is 74.2 Å². The van der Waals surface area contributed by atoms with Crippen molar-refractivity contribution in [1.29, 1.82) is 0 Å². The van der Waals surface area contributed by atoms with Crippen LogP contribution in [0.4, 0.5) is 0 Å². The van der Waals surface area contributed by atoms with Crippen LogP contribution < -0.4 is 5.43 Å². The van der Waals surface area contributed by atoms with Crippen LogP contribution in [0, 0.1) is 13.8 Å². The Morgan fingerprint density at radius 1 is 0.947 bits per heavy atom. The summed E-state index contributed by atoms with van der Waals surface area (Å²) in [5, 5.41) is 0. The predicted molar refractivity (Wildman–Crippen MR) is 82.1 cm³/mol. The molecule has 0 spiro atoms. The summed E-state index contributed by atoms with van der Waals surface area (Å²) in [7, 11) is 0.